The van der Waals surface area contributed by atoms with Crippen molar-refractivity contribution in [3.63, 3.8) is 0 Å². The molecule has 2 heterocycles. The number of rotatable bonds is 1. The molecule has 1 aliphatic heterocycles. The number of piperidine rings is 1. The van der Waals surface area contributed by atoms with Gasteiger partial charge in [0.25, 0.3) is 0 Å². The zero-order chi connectivity index (χ0) is 9.26. The highest BCUT2D eigenvalue weighted by Gasteiger charge is 2.21. The number of anilines is 1. The molecular weight excluding hydrogens is 168 g/mol. The van der Waals surface area contributed by atoms with E-state index < -0.39 is 0 Å². The summed E-state index contributed by atoms with van der Waals surface area (Å²) in [5.41, 5.74) is 5.49. The smallest absolute Gasteiger partial charge is 0.240 e. The summed E-state index contributed by atoms with van der Waals surface area (Å²) in [4.78, 5) is 0. The first-order valence-electron chi connectivity index (χ1n) is 4.45. The van der Waals surface area contributed by atoms with Gasteiger partial charge in [0.2, 0.25) is 5.95 Å². The minimum absolute atomic E-state index is 0.278. The summed E-state index contributed by atoms with van der Waals surface area (Å²) < 4.78 is 1.37. The van der Waals surface area contributed by atoms with Gasteiger partial charge in [-0.2, -0.15) is 0 Å². The van der Waals surface area contributed by atoms with Gasteiger partial charge in [0.1, 0.15) is 0 Å². The second-order valence-corrected chi connectivity index (χ2v) is 3.33. The van der Waals surface area contributed by atoms with Crippen LogP contribution in [0.4, 0.5) is 5.95 Å². The summed E-state index contributed by atoms with van der Waals surface area (Å²) >= 11 is 0. The second kappa shape index (κ2) is 3.21. The fourth-order valence-corrected chi connectivity index (χ4v) is 1.67. The van der Waals surface area contributed by atoms with Crippen LogP contribution in [0.1, 0.15) is 24.6 Å². The number of aromatic nitrogens is 3. The molecule has 1 saturated heterocycles. The lowest BCUT2D eigenvalue weighted by atomic mass is 9.99. The molecule has 0 radical (unpaired) electrons. The molecule has 0 amide bonds. The van der Waals surface area contributed by atoms with E-state index in [1.807, 2.05) is 0 Å². The minimum atomic E-state index is 0.278. The third-order valence-electron chi connectivity index (χ3n) is 2.41. The van der Waals surface area contributed by atoms with Gasteiger partial charge in [0, 0.05) is 12.5 Å². The van der Waals surface area contributed by atoms with Gasteiger partial charge in [0.15, 0.2) is 5.82 Å². The van der Waals surface area contributed by atoms with Crippen LogP contribution >= 0.6 is 0 Å². The van der Waals surface area contributed by atoms with Gasteiger partial charge in [-0.3, -0.25) is 0 Å². The zero-order valence-electron chi connectivity index (χ0n) is 7.40. The van der Waals surface area contributed by atoms with Gasteiger partial charge < -0.3 is 16.9 Å². The summed E-state index contributed by atoms with van der Waals surface area (Å²) in [5.74, 6) is 7.08. The fourth-order valence-electron chi connectivity index (χ4n) is 1.67. The van der Waals surface area contributed by atoms with E-state index in [0.29, 0.717) is 5.92 Å². The Morgan fingerprint density at radius 1 is 1.46 bits per heavy atom. The molecule has 6 nitrogen and oxygen atoms in total. The Labute approximate surface area is 76.3 Å². The van der Waals surface area contributed by atoms with E-state index in [1.165, 1.54) is 4.68 Å². The summed E-state index contributed by atoms with van der Waals surface area (Å²) in [5, 5.41) is 11.0. The molecule has 0 aliphatic carbocycles. The molecule has 1 aliphatic rings. The molecule has 0 aromatic carbocycles. The van der Waals surface area contributed by atoms with E-state index in [2.05, 4.69) is 15.5 Å². The highest BCUT2D eigenvalue weighted by Crippen LogP contribution is 2.20. The molecule has 1 atom stereocenters. The molecule has 13 heavy (non-hydrogen) atoms. The van der Waals surface area contributed by atoms with Crippen LogP contribution in [0.15, 0.2) is 0 Å². The first-order valence-corrected chi connectivity index (χ1v) is 4.45. The lowest BCUT2D eigenvalue weighted by Crippen LogP contribution is -2.31. The van der Waals surface area contributed by atoms with Crippen LogP contribution in [0.3, 0.4) is 0 Å². The molecule has 1 fully saturated rings. The highest BCUT2D eigenvalue weighted by atomic mass is 15.4. The van der Waals surface area contributed by atoms with Crippen molar-refractivity contribution in [1.82, 2.24) is 20.2 Å². The van der Waals surface area contributed by atoms with Crippen molar-refractivity contribution in [3.05, 3.63) is 5.82 Å². The minimum Gasteiger partial charge on any atom is -0.366 e. The number of hydrogen-bond acceptors (Lipinski definition) is 5. The van der Waals surface area contributed by atoms with E-state index in [4.69, 9.17) is 11.6 Å². The number of nitrogens with one attached hydrogen (secondary N) is 1. The third kappa shape index (κ3) is 1.44. The average Bonchev–Trinajstić information content (AvgIpc) is 2.49. The topological polar surface area (TPSA) is 94.8 Å². The Bertz CT molecular complexity index is 287. The SMILES string of the molecule is Nc1nnc(C2CCCNC2)n1N. The first kappa shape index (κ1) is 8.31. The van der Waals surface area contributed by atoms with E-state index in [9.17, 15) is 0 Å². The third-order valence-corrected chi connectivity index (χ3v) is 2.41. The van der Waals surface area contributed by atoms with Crippen molar-refractivity contribution >= 4 is 5.95 Å². The van der Waals surface area contributed by atoms with Crippen LogP contribution < -0.4 is 16.9 Å². The van der Waals surface area contributed by atoms with Crippen molar-refractivity contribution in [1.29, 1.82) is 0 Å². The lowest BCUT2D eigenvalue weighted by molar-refractivity contribution is 0.441. The Hall–Kier alpha value is -1.30. The van der Waals surface area contributed by atoms with Crippen LogP contribution in [-0.4, -0.2) is 28.0 Å². The zero-order valence-corrected chi connectivity index (χ0v) is 7.40. The fraction of sp³-hybridized carbons (Fsp3) is 0.714. The van der Waals surface area contributed by atoms with Gasteiger partial charge in [-0.15, -0.1) is 10.2 Å². The van der Waals surface area contributed by atoms with Crippen molar-refractivity contribution in [2.45, 2.75) is 18.8 Å². The number of nitrogen functional groups attached to an aromatic ring is 2. The summed E-state index contributed by atoms with van der Waals surface area (Å²) in [7, 11) is 0. The lowest BCUT2D eigenvalue weighted by Gasteiger charge is -2.21. The highest BCUT2D eigenvalue weighted by molar-refractivity contribution is 5.19. The van der Waals surface area contributed by atoms with E-state index in [0.717, 1.165) is 31.8 Å². The maximum atomic E-state index is 5.67. The van der Waals surface area contributed by atoms with Gasteiger partial charge in [-0.1, -0.05) is 0 Å². The van der Waals surface area contributed by atoms with E-state index in [1.54, 1.807) is 0 Å². The van der Waals surface area contributed by atoms with Crippen molar-refractivity contribution in [3.8, 4) is 0 Å². The Balaban J connectivity index is 2.18. The molecule has 1 unspecified atom stereocenters. The summed E-state index contributed by atoms with van der Waals surface area (Å²) in [6, 6.07) is 0. The second-order valence-electron chi connectivity index (χ2n) is 3.33. The monoisotopic (exact) mass is 182 g/mol. The Kier molecular flexibility index (Phi) is 2.05. The number of hydrogen-bond donors (Lipinski definition) is 3. The van der Waals surface area contributed by atoms with Gasteiger partial charge >= 0.3 is 0 Å². The molecule has 0 spiro atoms. The maximum absolute atomic E-state index is 5.67. The molecule has 1 aromatic heterocycles. The Morgan fingerprint density at radius 2 is 2.31 bits per heavy atom. The van der Waals surface area contributed by atoms with Crippen LogP contribution in [0.25, 0.3) is 0 Å². The maximum Gasteiger partial charge on any atom is 0.240 e. The van der Waals surface area contributed by atoms with E-state index >= 15 is 0 Å². The largest absolute Gasteiger partial charge is 0.366 e. The van der Waals surface area contributed by atoms with Gasteiger partial charge in [-0.05, 0) is 19.4 Å². The molecule has 1 aromatic rings. The van der Waals surface area contributed by atoms with Crippen LogP contribution in [0.5, 0.6) is 0 Å². The predicted molar refractivity (Wildman–Crippen MR) is 49.4 cm³/mol. The van der Waals surface area contributed by atoms with Gasteiger partial charge in [-0.25, -0.2) is 4.68 Å². The van der Waals surface area contributed by atoms with Crippen molar-refractivity contribution < 1.29 is 0 Å². The molecule has 72 valence electrons. The van der Waals surface area contributed by atoms with Crippen molar-refractivity contribution in [2.24, 2.45) is 0 Å². The summed E-state index contributed by atoms with van der Waals surface area (Å²) in [6.07, 6.45) is 2.25. The summed E-state index contributed by atoms with van der Waals surface area (Å²) in [6.45, 7) is 1.99. The van der Waals surface area contributed by atoms with E-state index in [-0.39, 0.29) is 5.95 Å². The predicted octanol–water partition coefficient (Wildman–Crippen LogP) is -0.959. The molecule has 0 saturated carbocycles. The van der Waals surface area contributed by atoms with Crippen LogP contribution in [0.2, 0.25) is 0 Å². The molecule has 6 heteroatoms. The molecule has 0 bridgehead atoms. The standard InChI is InChI=1S/C7H14N6/c8-7-12-11-6(13(7)9)5-2-1-3-10-4-5/h5,10H,1-4,9H2,(H2,8,12). The molecular formula is C7H14N6. The quantitative estimate of drug-likeness (QED) is 0.486. The molecule has 5 N–H and O–H groups in total. The molecule has 2 rings (SSSR count). The first-order chi connectivity index (χ1) is 6.29. The van der Waals surface area contributed by atoms with Crippen LogP contribution in [0, 0.1) is 0 Å². The van der Waals surface area contributed by atoms with Crippen molar-refractivity contribution in [2.75, 3.05) is 24.7 Å². The number of nitrogens with zero attached hydrogens (tertiary/aromatic N) is 3. The average molecular weight is 182 g/mol. The Morgan fingerprint density at radius 3 is 2.85 bits per heavy atom. The normalized spacial score (nSPS) is 23.2. The number of nitrogens with two attached hydrogens (primary N) is 2. The van der Waals surface area contributed by atoms with Crippen LogP contribution in [-0.2, 0) is 0 Å². The van der Waals surface area contributed by atoms with Gasteiger partial charge in [0.05, 0.1) is 0 Å².